The van der Waals surface area contributed by atoms with Gasteiger partial charge in [-0.1, -0.05) is 24.3 Å². The number of nitrogens with one attached hydrogen (secondary N) is 1. The maximum Gasteiger partial charge on any atom is 0.0401 e. The number of hydrogen-bond acceptors (Lipinski definition) is 1. The molecule has 0 bridgehead atoms. The van der Waals surface area contributed by atoms with E-state index in [0.29, 0.717) is 0 Å². The summed E-state index contributed by atoms with van der Waals surface area (Å²) in [5.41, 5.74) is 2.71. The summed E-state index contributed by atoms with van der Waals surface area (Å²) in [6.07, 6.45) is 4.08. The smallest absolute Gasteiger partial charge is 0.0401 e. The normalized spacial score (nSPS) is 11.7. The van der Waals surface area contributed by atoms with Crippen molar-refractivity contribution in [3.05, 3.63) is 41.6 Å². The quantitative estimate of drug-likeness (QED) is 0.775. The minimum absolute atomic E-state index is 0. The number of hydrogen-bond donors (Lipinski definition) is 1. The van der Waals surface area contributed by atoms with Gasteiger partial charge in [0.05, 0.1) is 0 Å². The van der Waals surface area contributed by atoms with E-state index in [9.17, 15) is 0 Å². The Kier molecular flexibility index (Phi) is 5.25. The molecule has 0 aromatic heterocycles. The Labute approximate surface area is 93.4 Å². The standard InChI is InChI=1S/C9H9N.2BrH/c1-2-4-9-7-10-6-5-8(9)3-1;;/h1-6,10H,7H2;2*1H. The number of fused-ring (bicyclic) bond motifs is 1. The van der Waals surface area contributed by atoms with Crippen molar-refractivity contribution in [2.75, 3.05) is 0 Å². The third kappa shape index (κ3) is 2.35. The van der Waals surface area contributed by atoms with Gasteiger partial charge in [0, 0.05) is 6.54 Å². The van der Waals surface area contributed by atoms with Crippen molar-refractivity contribution in [3.63, 3.8) is 0 Å². The number of benzene rings is 1. The van der Waals surface area contributed by atoms with Gasteiger partial charge in [-0.05, 0) is 23.4 Å². The molecule has 1 aliphatic rings. The zero-order valence-electron chi connectivity index (χ0n) is 6.49. The molecule has 0 amide bonds. The highest BCUT2D eigenvalue weighted by molar-refractivity contribution is 8.93. The summed E-state index contributed by atoms with van der Waals surface area (Å²) in [6.45, 7) is 0.965. The SMILES string of the molecule is Br.Br.C1=Cc2ccccc2CN1. The summed E-state index contributed by atoms with van der Waals surface area (Å²) in [7, 11) is 0. The average Bonchev–Trinajstić information content (AvgIpc) is 2.05. The van der Waals surface area contributed by atoms with Crippen LogP contribution in [-0.2, 0) is 6.54 Å². The van der Waals surface area contributed by atoms with Crippen LogP contribution in [0.5, 0.6) is 0 Å². The highest BCUT2D eigenvalue weighted by Crippen LogP contribution is 2.12. The zero-order valence-corrected chi connectivity index (χ0v) is 9.91. The fourth-order valence-corrected chi connectivity index (χ4v) is 1.18. The Bertz CT molecular complexity index is 271. The van der Waals surface area contributed by atoms with Crippen LogP contribution in [0.4, 0.5) is 0 Å². The summed E-state index contributed by atoms with van der Waals surface area (Å²) >= 11 is 0. The lowest BCUT2D eigenvalue weighted by Crippen LogP contribution is -2.09. The van der Waals surface area contributed by atoms with Gasteiger partial charge in [0.1, 0.15) is 0 Å². The predicted octanol–water partition coefficient (Wildman–Crippen LogP) is 2.92. The molecule has 0 unspecified atom stereocenters. The summed E-state index contributed by atoms with van der Waals surface area (Å²) in [4.78, 5) is 0. The molecular formula is C9H11Br2N. The van der Waals surface area contributed by atoms with E-state index in [-0.39, 0.29) is 34.0 Å². The van der Waals surface area contributed by atoms with Crippen molar-refractivity contribution in [1.29, 1.82) is 0 Å². The largest absolute Gasteiger partial charge is 0.387 e. The Hall–Kier alpha value is -0.280. The van der Waals surface area contributed by atoms with Crippen molar-refractivity contribution in [1.82, 2.24) is 5.32 Å². The van der Waals surface area contributed by atoms with Crippen molar-refractivity contribution in [2.24, 2.45) is 0 Å². The molecule has 0 atom stereocenters. The molecule has 0 aliphatic carbocycles. The lowest BCUT2D eigenvalue weighted by Gasteiger charge is -2.10. The molecule has 0 saturated heterocycles. The topological polar surface area (TPSA) is 12.0 Å². The van der Waals surface area contributed by atoms with Crippen molar-refractivity contribution < 1.29 is 0 Å². The molecule has 2 rings (SSSR count). The average molecular weight is 293 g/mol. The molecule has 3 heteroatoms. The second kappa shape index (κ2) is 5.38. The van der Waals surface area contributed by atoms with E-state index in [2.05, 4.69) is 35.7 Å². The van der Waals surface area contributed by atoms with Crippen LogP contribution in [0.15, 0.2) is 30.5 Å². The van der Waals surface area contributed by atoms with Crippen LogP contribution in [0.3, 0.4) is 0 Å². The lowest BCUT2D eigenvalue weighted by atomic mass is 10.1. The van der Waals surface area contributed by atoms with Gasteiger partial charge < -0.3 is 5.32 Å². The molecule has 1 nitrogen and oxygen atoms in total. The number of rotatable bonds is 0. The van der Waals surface area contributed by atoms with Gasteiger partial charge >= 0.3 is 0 Å². The third-order valence-electron chi connectivity index (χ3n) is 1.73. The zero-order chi connectivity index (χ0) is 6.81. The Morgan fingerprint density at radius 1 is 1.08 bits per heavy atom. The van der Waals surface area contributed by atoms with Gasteiger partial charge in [0.15, 0.2) is 0 Å². The molecular weight excluding hydrogens is 282 g/mol. The molecule has 0 spiro atoms. The maximum absolute atomic E-state index is 3.16. The molecule has 0 radical (unpaired) electrons. The van der Waals surface area contributed by atoms with Crippen LogP contribution >= 0.6 is 34.0 Å². The molecule has 12 heavy (non-hydrogen) atoms. The first-order valence-corrected chi connectivity index (χ1v) is 3.45. The fraction of sp³-hybridized carbons (Fsp3) is 0.111. The van der Waals surface area contributed by atoms with Crippen LogP contribution in [0, 0.1) is 0 Å². The van der Waals surface area contributed by atoms with Gasteiger partial charge in [-0.15, -0.1) is 34.0 Å². The molecule has 1 aromatic carbocycles. The Morgan fingerprint density at radius 2 is 1.83 bits per heavy atom. The highest BCUT2D eigenvalue weighted by atomic mass is 79.9. The second-order valence-corrected chi connectivity index (χ2v) is 2.41. The van der Waals surface area contributed by atoms with E-state index in [1.165, 1.54) is 11.1 Å². The third-order valence-corrected chi connectivity index (χ3v) is 1.73. The first kappa shape index (κ1) is 11.7. The van der Waals surface area contributed by atoms with Crippen molar-refractivity contribution in [3.8, 4) is 0 Å². The van der Waals surface area contributed by atoms with Crippen molar-refractivity contribution in [2.45, 2.75) is 6.54 Å². The molecule has 66 valence electrons. The highest BCUT2D eigenvalue weighted by Gasteiger charge is 1.99. The van der Waals surface area contributed by atoms with Gasteiger partial charge in [-0.3, -0.25) is 0 Å². The lowest BCUT2D eigenvalue weighted by molar-refractivity contribution is 0.859. The van der Waals surface area contributed by atoms with Crippen LogP contribution in [0.25, 0.3) is 6.08 Å². The number of halogens is 2. The van der Waals surface area contributed by atoms with Crippen LogP contribution < -0.4 is 5.32 Å². The fourth-order valence-electron chi connectivity index (χ4n) is 1.18. The molecule has 0 fully saturated rings. The summed E-state index contributed by atoms with van der Waals surface area (Å²) in [5, 5.41) is 3.16. The molecule has 1 N–H and O–H groups in total. The predicted molar refractivity (Wildman–Crippen MR) is 63.0 cm³/mol. The van der Waals surface area contributed by atoms with Crippen LogP contribution in [-0.4, -0.2) is 0 Å². The van der Waals surface area contributed by atoms with Crippen molar-refractivity contribution >= 4 is 40.0 Å². The summed E-state index contributed by atoms with van der Waals surface area (Å²) < 4.78 is 0. The van der Waals surface area contributed by atoms with E-state index < -0.39 is 0 Å². The van der Waals surface area contributed by atoms with Gasteiger partial charge in [-0.25, -0.2) is 0 Å². The molecule has 1 aromatic rings. The van der Waals surface area contributed by atoms with Gasteiger partial charge in [0.25, 0.3) is 0 Å². The van der Waals surface area contributed by atoms with Crippen LogP contribution in [0.1, 0.15) is 11.1 Å². The minimum atomic E-state index is 0. The minimum Gasteiger partial charge on any atom is -0.387 e. The van der Waals surface area contributed by atoms with Gasteiger partial charge in [-0.2, -0.15) is 0 Å². The summed E-state index contributed by atoms with van der Waals surface area (Å²) in [6, 6.07) is 8.41. The van der Waals surface area contributed by atoms with Gasteiger partial charge in [0.2, 0.25) is 0 Å². The van der Waals surface area contributed by atoms with E-state index >= 15 is 0 Å². The molecule has 0 saturated carbocycles. The summed E-state index contributed by atoms with van der Waals surface area (Å²) in [5.74, 6) is 0. The van der Waals surface area contributed by atoms with E-state index in [1.54, 1.807) is 0 Å². The monoisotopic (exact) mass is 291 g/mol. The Balaban J connectivity index is 0.000000605. The van der Waals surface area contributed by atoms with E-state index in [4.69, 9.17) is 0 Å². The Morgan fingerprint density at radius 3 is 2.58 bits per heavy atom. The first-order valence-electron chi connectivity index (χ1n) is 3.45. The first-order chi connectivity index (χ1) is 4.97. The van der Waals surface area contributed by atoms with Crippen LogP contribution in [0.2, 0.25) is 0 Å². The van der Waals surface area contributed by atoms with E-state index in [1.807, 2.05) is 6.20 Å². The molecule has 1 aliphatic heterocycles. The molecule has 1 heterocycles. The maximum atomic E-state index is 3.16. The van der Waals surface area contributed by atoms with E-state index in [0.717, 1.165) is 6.54 Å². The second-order valence-electron chi connectivity index (χ2n) is 2.41.